The van der Waals surface area contributed by atoms with Crippen molar-refractivity contribution in [3.05, 3.63) is 145 Å². The molecular weight excluding hydrogens is 488 g/mol. The van der Waals surface area contributed by atoms with Crippen molar-refractivity contribution < 1.29 is 4.52 Å². The predicted octanol–water partition coefficient (Wildman–Crippen LogP) is 10.4. The minimum atomic E-state index is 0.837. The molecule has 0 aliphatic rings. The Hall–Kier alpha value is -5.15. The van der Waals surface area contributed by atoms with Gasteiger partial charge in [-0.2, -0.15) is 0 Å². The van der Waals surface area contributed by atoms with Crippen molar-refractivity contribution in [2.75, 3.05) is 4.90 Å². The average Bonchev–Trinajstić information content (AvgIpc) is 3.34. The lowest BCUT2D eigenvalue weighted by Crippen LogP contribution is -2.09. The molecule has 3 heteroatoms. The van der Waals surface area contributed by atoms with Gasteiger partial charge in [-0.1, -0.05) is 102 Å². The summed E-state index contributed by atoms with van der Waals surface area (Å²) in [5, 5.41) is 9.10. The summed E-state index contributed by atoms with van der Waals surface area (Å²) in [5.41, 5.74) is 8.91. The third kappa shape index (κ3) is 3.95. The minimum absolute atomic E-state index is 0.837. The van der Waals surface area contributed by atoms with Crippen molar-refractivity contribution in [1.82, 2.24) is 5.16 Å². The largest absolute Gasteiger partial charge is 0.361 e. The summed E-state index contributed by atoms with van der Waals surface area (Å²) >= 11 is 0. The first-order chi connectivity index (χ1) is 19.7. The van der Waals surface area contributed by atoms with Crippen LogP contribution in [0.4, 0.5) is 17.1 Å². The molecule has 0 saturated carbocycles. The van der Waals surface area contributed by atoms with Gasteiger partial charge in [0.1, 0.15) is 5.76 Å². The molecular formula is C37H28N2O. The van der Waals surface area contributed by atoms with Crippen LogP contribution in [0, 0.1) is 13.8 Å². The molecule has 0 amide bonds. The number of para-hydroxylation sites is 2. The fourth-order valence-corrected chi connectivity index (χ4v) is 5.95. The molecule has 0 aliphatic heterocycles. The van der Waals surface area contributed by atoms with Crippen LogP contribution in [-0.4, -0.2) is 5.16 Å². The highest BCUT2D eigenvalue weighted by molar-refractivity contribution is 6.21. The van der Waals surface area contributed by atoms with Gasteiger partial charge in [-0.25, -0.2) is 0 Å². The predicted molar refractivity (Wildman–Crippen MR) is 167 cm³/mol. The molecule has 40 heavy (non-hydrogen) atoms. The Kier molecular flexibility index (Phi) is 5.90. The number of hydrogen-bond donors (Lipinski definition) is 0. The number of anilines is 3. The van der Waals surface area contributed by atoms with Gasteiger partial charge in [0.2, 0.25) is 0 Å². The van der Waals surface area contributed by atoms with Crippen molar-refractivity contribution in [2.24, 2.45) is 0 Å². The molecule has 0 atom stereocenters. The zero-order valence-corrected chi connectivity index (χ0v) is 22.5. The van der Waals surface area contributed by atoms with Crippen LogP contribution < -0.4 is 4.90 Å². The highest BCUT2D eigenvalue weighted by Crippen LogP contribution is 2.46. The second kappa shape index (κ2) is 9.87. The summed E-state index contributed by atoms with van der Waals surface area (Å²) < 4.78 is 5.63. The number of fused-ring (bicyclic) bond motifs is 2. The maximum Gasteiger partial charge on any atom is 0.141 e. The number of aryl methyl sites for hydroxylation is 2. The lowest BCUT2D eigenvalue weighted by molar-refractivity contribution is 0.393. The standard InChI is InChI=1S/C37H28N2O/c1-25-35(26(2)40-38-25)37-33-22-11-9-20-31(33)36(32-21-10-12-23-34(32)37)27-14-13-19-30(24-27)39(28-15-5-3-6-16-28)29-17-7-4-8-18-29/h3-24H,1-2H3. The zero-order valence-electron chi connectivity index (χ0n) is 22.5. The third-order valence-electron chi connectivity index (χ3n) is 7.64. The zero-order chi connectivity index (χ0) is 27.1. The van der Waals surface area contributed by atoms with Gasteiger partial charge < -0.3 is 9.42 Å². The van der Waals surface area contributed by atoms with E-state index in [0.717, 1.165) is 34.1 Å². The molecule has 0 fully saturated rings. The molecule has 0 aliphatic carbocycles. The Morgan fingerprint density at radius 3 is 1.45 bits per heavy atom. The maximum absolute atomic E-state index is 5.63. The first kappa shape index (κ1) is 23.9. The van der Waals surface area contributed by atoms with Crippen LogP contribution in [0.2, 0.25) is 0 Å². The van der Waals surface area contributed by atoms with Gasteiger partial charge >= 0.3 is 0 Å². The summed E-state index contributed by atoms with van der Waals surface area (Å²) in [6, 6.07) is 47.4. The molecule has 192 valence electrons. The Labute approximate surface area is 233 Å². The average molecular weight is 517 g/mol. The van der Waals surface area contributed by atoms with E-state index >= 15 is 0 Å². The van der Waals surface area contributed by atoms with Crippen LogP contribution in [0.15, 0.2) is 138 Å². The number of benzene rings is 6. The highest BCUT2D eigenvalue weighted by Gasteiger charge is 2.21. The van der Waals surface area contributed by atoms with Crippen LogP contribution in [-0.2, 0) is 0 Å². The van der Waals surface area contributed by atoms with E-state index in [1.165, 1.54) is 38.2 Å². The van der Waals surface area contributed by atoms with Gasteiger partial charge in [-0.3, -0.25) is 0 Å². The molecule has 6 aromatic carbocycles. The molecule has 3 nitrogen and oxygen atoms in total. The molecule has 7 rings (SSSR count). The van der Waals surface area contributed by atoms with Gasteiger partial charge in [0.25, 0.3) is 0 Å². The quantitative estimate of drug-likeness (QED) is 0.213. The monoisotopic (exact) mass is 516 g/mol. The SMILES string of the molecule is Cc1noc(C)c1-c1c2ccccc2c(-c2cccc(N(c3ccccc3)c3ccccc3)c2)c2ccccc12. The molecule has 0 N–H and O–H groups in total. The lowest BCUT2D eigenvalue weighted by atomic mass is 9.85. The van der Waals surface area contributed by atoms with E-state index in [1.54, 1.807) is 0 Å². The molecule has 1 heterocycles. The van der Waals surface area contributed by atoms with Gasteiger partial charge in [-0.15, -0.1) is 0 Å². The minimum Gasteiger partial charge on any atom is -0.361 e. The van der Waals surface area contributed by atoms with Crippen LogP contribution in [0.1, 0.15) is 11.5 Å². The van der Waals surface area contributed by atoms with Crippen LogP contribution in [0.25, 0.3) is 43.8 Å². The number of aromatic nitrogens is 1. The molecule has 0 spiro atoms. The van der Waals surface area contributed by atoms with E-state index in [9.17, 15) is 0 Å². The number of rotatable bonds is 5. The molecule has 7 aromatic rings. The maximum atomic E-state index is 5.63. The molecule has 0 saturated heterocycles. The van der Waals surface area contributed by atoms with Gasteiger partial charge in [-0.05, 0) is 82.9 Å². The van der Waals surface area contributed by atoms with Crippen LogP contribution in [0.5, 0.6) is 0 Å². The van der Waals surface area contributed by atoms with Gasteiger partial charge in [0.15, 0.2) is 0 Å². The van der Waals surface area contributed by atoms with E-state index < -0.39 is 0 Å². The third-order valence-corrected chi connectivity index (χ3v) is 7.64. The second-order valence-corrected chi connectivity index (χ2v) is 10.1. The summed E-state index contributed by atoms with van der Waals surface area (Å²) in [5.74, 6) is 0.837. The fourth-order valence-electron chi connectivity index (χ4n) is 5.95. The highest BCUT2D eigenvalue weighted by atomic mass is 16.5. The Bertz CT molecular complexity index is 1860. The Morgan fingerprint density at radius 2 is 0.950 bits per heavy atom. The van der Waals surface area contributed by atoms with Crippen LogP contribution >= 0.6 is 0 Å². The van der Waals surface area contributed by atoms with Crippen molar-refractivity contribution >= 4 is 38.6 Å². The van der Waals surface area contributed by atoms with Crippen LogP contribution in [0.3, 0.4) is 0 Å². The summed E-state index contributed by atoms with van der Waals surface area (Å²) in [7, 11) is 0. The number of hydrogen-bond acceptors (Lipinski definition) is 3. The van der Waals surface area contributed by atoms with Crippen molar-refractivity contribution in [3.63, 3.8) is 0 Å². The topological polar surface area (TPSA) is 29.3 Å². The van der Waals surface area contributed by atoms with E-state index in [0.29, 0.717) is 0 Å². The fraction of sp³-hybridized carbons (Fsp3) is 0.0541. The van der Waals surface area contributed by atoms with E-state index in [2.05, 4.69) is 144 Å². The summed E-state index contributed by atoms with van der Waals surface area (Å²) in [6.45, 7) is 4.02. The van der Waals surface area contributed by atoms with Crippen molar-refractivity contribution in [1.29, 1.82) is 0 Å². The van der Waals surface area contributed by atoms with E-state index in [1.807, 2.05) is 13.8 Å². The molecule has 1 aromatic heterocycles. The number of nitrogens with zero attached hydrogens (tertiary/aromatic N) is 2. The first-order valence-corrected chi connectivity index (χ1v) is 13.6. The Morgan fingerprint density at radius 1 is 0.475 bits per heavy atom. The van der Waals surface area contributed by atoms with E-state index in [-0.39, 0.29) is 0 Å². The van der Waals surface area contributed by atoms with Crippen molar-refractivity contribution in [2.45, 2.75) is 13.8 Å². The van der Waals surface area contributed by atoms with Crippen molar-refractivity contribution in [3.8, 4) is 22.3 Å². The molecule has 0 unspecified atom stereocenters. The smallest absolute Gasteiger partial charge is 0.141 e. The Balaban J connectivity index is 1.52. The summed E-state index contributed by atoms with van der Waals surface area (Å²) in [6.07, 6.45) is 0. The van der Waals surface area contributed by atoms with Gasteiger partial charge in [0.05, 0.1) is 5.69 Å². The van der Waals surface area contributed by atoms with Gasteiger partial charge in [0, 0.05) is 28.2 Å². The van der Waals surface area contributed by atoms with E-state index in [4.69, 9.17) is 4.52 Å². The second-order valence-electron chi connectivity index (χ2n) is 10.1. The lowest BCUT2D eigenvalue weighted by Gasteiger charge is -2.26. The molecule has 0 radical (unpaired) electrons. The molecule has 0 bridgehead atoms. The summed E-state index contributed by atoms with van der Waals surface area (Å²) in [4.78, 5) is 2.31. The first-order valence-electron chi connectivity index (χ1n) is 13.6. The normalized spacial score (nSPS) is 11.2.